The molecule has 2 heterocycles. The third-order valence-corrected chi connectivity index (χ3v) is 4.14. The highest BCUT2D eigenvalue weighted by molar-refractivity contribution is 9.10. The highest BCUT2D eigenvalue weighted by Crippen LogP contribution is 2.45. The predicted octanol–water partition coefficient (Wildman–Crippen LogP) is 2.12. The van der Waals surface area contributed by atoms with Crippen LogP contribution in [0.15, 0.2) is 22.7 Å². The number of rotatable bonds is 1. The van der Waals surface area contributed by atoms with Crippen LogP contribution in [0.25, 0.3) is 0 Å². The minimum Gasteiger partial charge on any atom is -0.467 e. The highest BCUT2D eigenvalue weighted by atomic mass is 79.9. The molecule has 2 aliphatic heterocycles. The van der Waals surface area contributed by atoms with Gasteiger partial charge in [-0.05, 0) is 32.0 Å². The number of carbonyl (C=O) groups excluding carboxylic acids is 2. The van der Waals surface area contributed by atoms with Crippen molar-refractivity contribution in [3.63, 3.8) is 0 Å². The van der Waals surface area contributed by atoms with Crippen molar-refractivity contribution in [1.82, 2.24) is 10.6 Å². The number of carbonyl (C=O) groups is 2. The van der Waals surface area contributed by atoms with Gasteiger partial charge in [-0.2, -0.15) is 0 Å². The van der Waals surface area contributed by atoms with Crippen LogP contribution in [0.5, 0.6) is 5.75 Å². The summed E-state index contributed by atoms with van der Waals surface area (Å²) in [6, 6.07) is 4.89. The monoisotopic (exact) mass is 324 g/mol. The van der Waals surface area contributed by atoms with Gasteiger partial charge in [0.2, 0.25) is 0 Å². The van der Waals surface area contributed by atoms with Crippen LogP contribution in [0, 0.1) is 5.92 Å². The fourth-order valence-corrected chi connectivity index (χ4v) is 3.31. The zero-order valence-corrected chi connectivity index (χ0v) is 12.1. The molecule has 0 aliphatic carbocycles. The van der Waals surface area contributed by atoms with E-state index in [4.69, 9.17) is 4.74 Å². The van der Waals surface area contributed by atoms with Crippen molar-refractivity contribution >= 4 is 27.7 Å². The molecule has 1 fully saturated rings. The molecule has 5 nitrogen and oxygen atoms in total. The van der Waals surface area contributed by atoms with Gasteiger partial charge in [-0.3, -0.25) is 10.1 Å². The largest absolute Gasteiger partial charge is 0.467 e. The van der Waals surface area contributed by atoms with Crippen LogP contribution < -0.4 is 15.4 Å². The second-order valence-electron chi connectivity index (χ2n) is 5.06. The van der Waals surface area contributed by atoms with Gasteiger partial charge in [0, 0.05) is 10.0 Å². The van der Waals surface area contributed by atoms with E-state index in [1.54, 1.807) is 6.92 Å². The molecule has 1 aromatic rings. The summed E-state index contributed by atoms with van der Waals surface area (Å²) in [5.41, 5.74) is -0.179. The first-order valence-corrected chi connectivity index (χ1v) is 6.77. The van der Waals surface area contributed by atoms with Gasteiger partial charge in [-0.1, -0.05) is 15.9 Å². The third kappa shape index (κ3) is 1.82. The molecular formula is C13H13BrN2O3. The van der Waals surface area contributed by atoms with Crippen LogP contribution in [0.1, 0.15) is 25.5 Å². The molecule has 2 bridgehead atoms. The molecule has 0 saturated carbocycles. The molecule has 1 saturated heterocycles. The number of urea groups is 1. The first-order chi connectivity index (χ1) is 8.90. The number of hydrogen-bond donors (Lipinski definition) is 2. The van der Waals surface area contributed by atoms with Crippen molar-refractivity contribution in [2.24, 2.45) is 5.92 Å². The second kappa shape index (κ2) is 3.96. The van der Waals surface area contributed by atoms with Crippen LogP contribution in [-0.4, -0.2) is 17.5 Å². The van der Waals surface area contributed by atoms with Crippen molar-refractivity contribution in [3.05, 3.63) is 28.2 Å². The number of nitrogens with one attached hydrogen (secondary N) is 2. The maximum Gasteiger partial charge on any atom is 0.318 e. The van der Waals surface area contributed by atoms with Crippen LogP contribution in [-0.2, 0) is 4.79 Å². The molecule has 3 rings (SSSR count). The van der Waals surface area contributed by atoms with Crippen molar-refractivity contribution in [2.45, 2.75) is 25.6 Å². The van der Waals surface area contributed by atoms with Crippen molar-refractivity contribution < 1.29 is 14.3 Å². The van der Waals surface area contributed by atoms with E-state index in [1.165, 1.54) is 6.92 Å². The SMILES string of the molecule is CC(=O)[C@H]1[C@@H]2NC(=O)N[C@@]1(C)Oc1ccc(Br)cc12. The molecule has 0 radical (unpaired) electrons. The molecule has 2 amide bonds. The van der Waals surface area contributed by atoms with Crippen molar-refractivity contribution in [1.29, 1.82) is 0 Å². The maximum absolute atomic E-state index is 11.9. The number of amides is 2. The van der Waals surface area contributed by atoms with Gasteiger partial charge in [0.15, 0.2) is 5.72 Å². The number of Topliss-reactive ketones (excluding diaryl/α,β-unsaturated/α-hetero) is 1. The molecule has 3 atom stereocenters. The zero-order chi connectivity index (χ0) is 13.8. The predicted molar refractivity (Wildman–Crippen MR) is 71.8 cm³/mol. The molecule has 2 N–H and O–H groups in total. The Bertz CT molecular complexity index is 589. The van der Waals surface area contributed by atoms with Crippen LogP contribution in [0.3, 0.4) is 0 Å². The minimum atomic E-state index is -1.00. The lowest BCUT2D eigenvalue weighted by Gasteiger charge is -2.49. The Balaban J connectivity index is 2.18. The van der Waals surface area contributed by atoms with Gasteiger partial charge in [0.1, 0.15) is 17.5 Å². The number of halogens is 1. The van der Waals surface area contributed by atoms with E-state index in [9.17, 15) is 9.59 Å². The standard InChI is InChI=1S/C13H13BrN2O3/c1-6(17)10-11-8-5-7(14)3-4-9(8)19-13(10,2)16-12(18)15-11/h3-5,10-11H,1-2H3,(H2,15,16,18)/t10-,11+,13-/m0/s1. The van der Waals surface area contributed by atoms with Crippen LogP contribution >= 0.6 is 15.9 Å². The second-order valence-corrected chi connectivity index (χ2v) is 5.97. The molecule has 19 heavy (non-hydrogen) atoms. The Morgan fingerprint density at radius 3 is 2.89 bits per heavy atom. The summed E-state index contributed by atoms with van der Waals surface area (Å²) in [5, 5.41) is 5.52. The van der Waals surface area contributed by atoms with Gasteiger partial charge in [-0.15, -0.1) is 0 Å². The maximum atomic E-state index is 11.9. The lowest BCUT2D eigenvalue weighted by Crippen LogP contribution is -2.69. The summed E-state index contributed by atoms with van der Waals surface area (Å²) in [6.07, 6.45) is 0. The molecule has 0 aromatic heterocycles. The molecular weight excluding hydrogens is 312 g/mol. The first-order valence-electron chi connectivity index (χ1n) is 5.98. The van der Waals surface area contributed by atoms with Crippen LogP contribution in [0.4, 0.5) is 4.79 Å². The molecule has 6 heteroatoms. The first kappa shape index (κ1) is 12.5. The number of ether oxygens (including phenoxy) is 1. The number of ketones is 1. The lowest BCUT2D eigenvalue weighted by atomic mass is 9.78. The summed E-state index contributed by atoms with van der Waals surface area (Å²) in [6.45, 7) is 3.25. The van der Waals surface area contributed by atoms with Crippen molar-refractivity contribution in [3.8, 4) is 5.75 Å². The van der Waals surface area contributed by atoms with E-state index in [-0.39, 0.29) is 17.9 Å². The molecule has 100 valence electrons. The van der Waals surface area contributed by atoms with Crippen LogP contribution in [0.2, 0.25) is 0 Å². The molecule has 0 unspecified atom stereocenters. The third-order valence-electron chi connectivity index (χ3n) is 3.64. The Morgan fingerprint density at radius 2 is 2.21 bits per heavy atom. The van der Waals surface area contributed by atoms with Gasteiger partial charge in [0.25, 0.3) is 0 Å². The Morgan fingerprint density at radius 1 is 1.47 bits per heavy atom. The fourth-order valence-electron chi connectivity index (χ4n) is 2.93. The Hall–Kier alpha value is -1.56. The average Bonchev–Trinajstić information content (AvgIpc) is 2.28. The Labute approximate surface area is 118 Å². The summed E-state index contributed by atoms with van der Waals surface area (Å²) in [5.74, 6) is 0.207. The van der Waals surface area contributed by atoms with Gasteiger partial charge >= 0.3 is 6.03 Å². The van der Waals surface area contributed by atoms with Crippen molar-refractivity contribution in [2.75, 3.05) is 0 Å². The van der Waals surface area contributed by atoms with E-state index in [1.807, 2.05) is 18.2 Å². The lowest BCUT2D eigenvalue weighted by molar-refractivity contribution is -0.134. The molecule has 0 spiro atoms. The van der Waals surface area contributed by atoms with E-state index in [0.717, 1.165) is 10.0 Å². The molecule has 2 aliphatic rings. The number of benzene rings is 1. The topological polar surface area (TPSA) is 67.4 Å². The average molecular weight is 325 g/mol. The minimum absolute atomic E-state index is 0.0226. The van der Waals surface area contributed by atoms with Gasteiger partial charge in [-0.25, -0.2) is 4.79 Å². The quantitative estimate of drug-likeness (QED) is 0.831. The number of hydrogen-bond acceptors (Lipinski definition) is 3. The van der Waals surface area contributed by atoms with Gasteiger partial charge < -0.3 is 10.1 Å². The van der Waals surface area contributed by atoms with E-state index in [2.05, 4.69) is 26.6 Å². The smallest absolute Gasteiger partial charge is 0.318 e. The Kier molecular flexibility index (Phi) is 2.60. The zero-order valence-electron chi connectivity index (χ0n) is 10.5. The summed E-state index contributed by atoms with van der Waals surface area (Å²) in [7, 11) is 0. The summed E-state index contributed by atoms with van der Waals surface area (Å²) < 4.78 is 6.76. The van der Waals surface area contributed by atoms with E-state index in [0.29, 0.717) is 5.75 Å². The normalized spacial score (nSPS) is 31.6. The summed E-state index contributed by atoms with van der Waals surface area (Å²) >= 11 is 3.40. The van der Waals surface area contributed by atoms with Gasteiger partial charge in [0.05, 0.1) is 6.04 Å². The highest BCUT2D eigenvalue weighted by Gasteiger charge is 2.54. The fraction of sp³-hybridized carbons (Fsp3) is 0.385. The summed E-state index contributed by atoms with van der Waals surface area (Å²) in [4.78, 5) is 23.7. The van der Waals surface area contributed by atoms with E-state index < -0.39 is 11.6 Å². The molecule has 1 aromatic carbocycles. The van der Waals surface area contributed by atoms with E-state index >= 15 is 0 Å². The number of fused-ring (bicyclic) bond motifs is 4.